The molecule has 0 aromatic carbocycles. The Labute approximate surface area is 235 Å². The lowest BCUT2D eigenvalue weighted by molar-refractivity contribution is -0.117. The summed E-state index contributed by atoms with van der Waals surface area (Å²) in [5, 5.41) is 18.0. The van der Waals surface area contributed by atoms with Crippen LogP contribution in [0.2, 0.25) is 0 Å². The largest absolute Gasteiger partial charge is 0.436 e. The van der Waals surface area contributed by atoms with Crippen molar-refractivity contribution in [1.29, 1.82) is 0 Å². The molecule has 2 unspecified atom stereocenters. The van der Waals surface area contributed by atoms with Gasteiger partial charge in [0.2, 0.25) is 0 Å². The number of rotatable bonds is 5. The fourth-order valence-corrected chi connectivity index (χ4v) is 9.49. The van der Waals surface area contributed by atoms with Gasteiger partial charge in [0.25, 0.3) is 0 Å². The van der Waals surface area contributed by atoms with Crippen LogP contribution < -0.4 is 5.32 Å². The Kier molecular flexibility index (Phi) is 7.82. The fourth-order valence-electron chi connectivity index (χ4n) is 9.49. The number of hydrogen-bond acceptors (Lipinski definition) is 6. The first-order valence-electron chi connectivity index (χ1n) is 15.5. The van der Waals surface area contributed by atoms with Gasteiger partial charge < -0.3 is 15.3 Å². The minimum atomic E-state index is -0.413. The minimum Gasteiger partial charge on any atom is -0.391 e. The van der Waals surface area contributed by atoms with Crippen molar-refractivity contribution in [3.8, 4) is 0 Å². The molecule has 8 atom stereocenters. The summed E-state index contributed by atoms with van der Waals surface area (Å²) in [6.07, 6.45) is 11.3. The number of carbonyl (C=O) groups excluding carboxylic acids is 2. The highest BCUT2D eigenvalue weighted by atomic mass is 16.7. The van der Waals surface area contributed by atoms with Crippen molar-refractivity contribution in [2.45, 2.75) is 123 Å². The van der Waals surface area contributed by atoms with Gasteiger partial charge in [-0.15, -0.1) is 0 Å². The lowest BCUT2D eigenvalue weighted by Crippen LogP contribution is -2.51. The van der Waals surface area contributed by atoms with E-state index in [2.05, 4.69) is 24.3 Å². The topological polar surface area (TPSA) is 91.2 Å². The lowest BCUT2D eigenvalue weighted by atomic mass is 9.46. The molecule has 4 aliphatic carbocycles. The molecule has 0 bridgehead atoms. The second kappa shape index (κ2) is 10.6. The first kappa shape index (κ1) is 28.8. The van der Waals surface area contributed by atoms with E-state index in [1.54, 1.807) is 4.90 Å². The van der Waals surface area contributed by atoms with Crippen molar-refractivity contribution in [2.75, 3.05) is 13.1 Å². The minimum absolute atomic E-state index is 0.0149. The molecule has 5 aliphatic rings. The van der Waals surface area contributed by atoms with Crippen LogP contribution in [0.1, 0.15) is 106 Å². The molecule has 0 spiro atoms. The van der Waals surface area contributed by atoms with Gasteiger partial charge in [0.1, 0.15) is 0 Å². The summed E-state index contributed by atoms with van der Waals surface area (Å²) in [4.78, 5) is 32.7. The number of aliphatic hydroxyl groups excluding tert-OH is 1. The summed E-state index contributed by atoms with van der Waals surface area (Å²) >= 11 is 0. The monoisotopic (exact) mass is 541 g/mol. The summed E-state index contributed by atoms with van der Waals surface area (Å²) in [6, 6.07) is 0.0149. The van der Waals surface area contributed by atoms with Crippen molar-refractivity contribution in [3.05, 3.63) is 11.6 Å². The zero-order chi connectivity index (χ0) is 28.2. The average Bonchev–Trinajstić information content (AvgIpc) is 3.44. The molecule has 0 radical (unpaired) electrons. The summed E-state index contributed by atoms with van der Waals surface area (Å²) in [6.45, 7) is 14.3. The van der Waals surface area contributed by atoms with E-state index in [9.17, 15) is 14.7 Å². The van der Waals surface area contributed by atoms with Crippen LogP contribution in [0.25, 0.3) is 0 Å². The Morgan fingerprint density at radius 1 is 1.13 bits per heavy atom. The number of hydrogen-bond donors (Lipinski definition) is 2. The van der Waals surface area contributed by atoms with E-state index >= 15 is 0 Å². The van der Waals surface area contributed by atoms with Crippen molar-refractivity contribution >= 4 is 17.6 Å². The van der Waals surface area contributed by atoms with Gasteiger partial charge in [0, 0.05) is 30.5 Å². The average molecular weight is 542 g/mol. The molecule has 1 saturated heterocycles. The predicted octanol–water partition coefficient (Wildman–Crippen LogP) is 5.86. The molecule has 0 aromatic rings. The number of allylic oxidation sites excluding steroid dienone is 1. The summed E-state index contributed by atoms with van der Waals surface area (Å²) < 4.78 is 0. The van der Waals surface area contributed by atoms with Gasteiger partial charge in [-0.1, -0.05) is 24.6 Å². The molecule has 7 nitrogen and oxygen atoms in total. The SMILES string of the molecule is C/C(=N\OC(=O)N(CCC1NCCC1O)C(C)(C)C)[C@H]1CC[C@H]2[C@@H]3CCC4=CC(=O)CC[C@]4(C)[C@H]3CC[C@]12C. The highest BCUT2D eigenvalue weighted by molar-refractivity contribution is 5.91. The summed E-state index contributed by atoms with van der Waals surface area (Å²) in [5.74, 6) is 2.69. The van der Waals surface area contributed by atoms with Crippen LogP contribution in [0.4, 0.5) is 4.79 Å². The van der Waals surface area contributed by atoms with Gasteiger partial charge in [-0.2, -0.15) is 0 Å². The number of nitrogens with zero attached hydrogens (tertiary/aromatic N) is 2. The van der Waals surface area contributed by atoms with Gasteiger partial charge in [0.05, 0.1) is 11.8 Å². The molecule has 1 amide bonds. The normalized spacial score (nSPS) is 40.4. The van der Waals surface area contributed by atoms with E-state index < -0.39 is 11.6 Å². The summed E-state index contributed by atoms with van der Waals surface area (Å²) in [5.41, 5.74) is 2.33. The third kappa shape index (κ3) is 5.23. The van der Waals surface area contributed by atoms with Gasteiger partial charge in [-0.3, -0.25) is 9.63 Å². The van der Waals surface area contributed by atoms with Crippen molar-refractivity contribution in [1.82, 2.24) is 10.2 Å². The quantitative estimate of drug-likeness (QED) is 0.258. The number of nitrogens with one attached hydrogen (secondary N) is 1. The number of aliphatic hydroxyl groups is 1. The second-order valence-electron chi connectivity index (χ2n) is 14.8. The molecule has 1 aliphatic heterocycles. The molecule has 1 heterocycles. The van der Waals surface area contributed by atoms with Gasteiger partial charge in [-0.25, -0.2) is 4.79 Å². The third-order valence-corrected chi connectivity index (χ3v) is 11.7. The fraction of sp³-hybridized carbons (Fsp3) is 0.844. The predicted molar refractivity (Wildman–Crippen MR) is 153 cm³/mol. The van der Waals surface area contributed by atoms with Crippen LogP contribution in [0.5, 0.6) is 0 Å². The lowest BCUT2D eigenvalue weighted by Gasteiger charge is -2.58. The van der Waals surface area contributed by atoms with Crippen LogP contribution in [-0.4, -0.2) is 58.4 Å². The van der Waals surface area contributed by atoms with Crippen LogP contribution in [0, 0.1) is 34.5 Å². The molecule has 2 N–H and O–H groups in total. The van der Waals surface area contributed by atoms with Crippen molar-refractivity contribution in [2.24, 2.45) is 39.7 Å². The first-order valence-corrected chi connectivity index (χ1v) is 15.5. The number of amides is 1. The molecular weight excluding hydrogens is 490 g/mol. The maximum Gasteiger partial charge on any atom is 0.436 e. The van der Waals surface area contributed by atoms with E-state index in [1.807, 2.05) is 33.8 Å². The molecule has 4 fully saturated rings. The Morgan fingerprint density at radius 2 is 1.90 bits per heavy atom. The van der Waals surface area contributed by atoms with Gasteiger partial charge in [-0.05, 0) is 127 Å². The van der Waals surface area contributed by atoms with Crippen molar-refractivity contribution in [3.63, 3.8) is 0 Å². The molecule has 5 rings (SSSR count). The molecule has 7 heteroatoms. The van der Waals surface area contributed by atoms with Crippen LogP contribution in [0.15, 0.2) is 16.8 Å². The highest BCUT2D eigenvalue weighted by Crippen LogP contribution is 2.66. The second-order valence-corrected chi connectivity index (χ2v) is 14.8. The Bertz CT molecular complexity index is 1030. The molecule has 3 saturated carbocycles. The van der Waals surface area contributed by atoms with E-state index in [4.69, 9.17) is 4.84 Å². The van der Waals surface area contributed by atoms with E-state index in [0.717, 1.165) is 37.9 Å². The maximum atomic E-state index is 13.2. The number of carbonyl (C=O) groups is 2. The Hall–Kier alpha value is -1.73. The van der Waals surface area contributed by atoms with Gasteiger partial charge >= 0.3 is 6.09 Å². The van der Waals surface area contributed by atoms with Gasteiger partial charge in [0.15, 0.2) is 5.78 Å². The first-order chi connectivity index (χ1) is 18.3. The summed E-state index contributed by atoms with van der Waals surface area (Å²) in [7, 11) is 0. The molecule has 39 heavy (non-hydrogen) atoms. The highest BCUT2D eigenvalue weighted by Gasteiger charge is 2.59. The van der Waals surface area contributed by atoms with E-state index in [1.165, 1.54) is 31.3 Å². The third-order valence-electron chi connectivity index (χ3n) is 11.7. The number of fused-ring (bicyclic) bond motifs is 5. The Balaban J connectivity index is 1.25. The zero-order valence-electron chi connectivity index (χ0n) is 25.1. The molecule has 0 aromatic heterocycles. The number of ketones is 1. The van der Waals surface area contributed by atoms with Crippen molar-refractivity contribution < 1.29 is 19.5 Å². The van der Waals surface area contributed by atoms with Crippen LogP contribution in [-0.2, 0) is 9.63 Å². The standard InChI is InChI=1S/C32H51N3O4/c1-20(34-39-29(38)35(30(2,3)4)18-14-27-28(37)13-17-33-27)24-9-10-25-23-8-7-21-19-22(36)11-15-31(21,5)26(23)12-16-32(24,25)6/h19,23-28,33,37H,7-18H2,1-6H3/b34-20+/t23-,24+,25-,26-,27?,28?,31-,32+/m0/s1. The Morgan fingerprint density at radius 3 is 2.59 bits per heavy atom. The zero-order valence-corrected chi connectivity index (χ0v) is 25.1. The van der Waals surface area contributed by atoms with Crippen LogP contribution in [0.3, 0.4) is 0 Å². The molecule has 218 valence electrons. The smallest absolute Gasteiger partial charge is 0.391 e. The van der Waals surface area contributed by atoms with Crippen LogP contribution >= 0.6 is 0 Å². The van der Waals surface area contributed by atoms with E-state index in [-0.39, 0.29) is 23.0 Å². The van der Waals surface area contributed by atoms with E-state index in [0.29, 0.717) is 48.8 Å². The molecular formula is C32H51N3O4. The maximum absolute atomic E-state index is 13.2. The number of oxime groups is 1.